The standard InChI is InChI=1S/C26H27ClIN5O2/c1-32-11-2-12-33(14-13-32)24-10-4-19(17-29-24)25(34)31-23-9-3-18(16-28)15-22(23)26(35)30-21-7-5-20(27)6-8-21/h3-10,15,17H,2,11-14,16H2,1H3,(H,30,35)(H,31,34). The van der Waals surface area contributed by atoms with E-state index in [2.05, 4.69) is 55.1 Å². The molecule has 3 aromatic rings. The molecule has 0 unspecified atom stereocenters. The molecule has 1 fully saturated rings. The van der Waals surface area contributed by atoms with E-state index in [9.17, 15) is 9.59 Å². The van der Waals surface area contributed by atoms with Crippen LogP contribution in [0, 0.1) is 0 Å². The summed E-state index contributed by atoms with van der Waals surface area (Å²) in [5.41, 5.74) is 2.87. The van der Waals surface area contributed by atoms with Gasteiger partial charge in [-0.2, -0.15) is 0 Å². The average Bonchev–Trinajstić information content (AvgIpc) is 3.10. The third-order valence-corrected chi connectivity index (χ3v) is 7.02. The van der Waals surface area contributed by atoms with Gasteiger partial charge in [0.15, 0.2) is 0 Å². The Labute approximate surface area is 224 Å². The lowest BCUT2D eigenvalue weighted by atomic mass is 10.1. The molecule has 2 aromatic carbocycles. The van der Waals surface area contributed by atoms with Crippen LogP contribution >= 0.6 is 34.2 Å². The van der Waals surface area contributed by atoms with Crippen LogP contribution in [0.3, 0.4) is 0 Å². The Morgan fingerprint density at radius 3 is 2.49 bits per heavy atom. The monoisotopic (exact) mass is 603 g/mol. The van der Waals surface area contributed by atoms with Gasteiger partial charge < -0.3 is 20.4 Å². The average molecular weight is 604 g/mol. The molecule has 0 aliphatic carbocycles. The maximum Gasteiger partial charge on any atom is 0.257 e. The second-order valence-corrected chi connectivity index (χ2v) is 9.68. The van der Waals surface area contributed by atoms with E-state index in [4.69, 9.17) is 11.6 Å². The quantitative estimate of drug-likeness (QED) is 0.295. The first-order chi connectivity index (χ1) is 16.9. The van der Waals surface area contributed by atoms with Gasteiger partial charge in [-0.1, -0.05) is 40.3 Å². The van der Waals surface area contributed by atoms with Crippen molar-refractivity contribution in [3.8, 4) is 0 Å². The normalized spacial score (nSPS) is 14.3. The number of alkyl halides is 1. The van der Waals surface area contributed by atoms with Crippen LogP contribution in [0.15, 0.2) is 60.8 Å². The van der Waals surface area contributed by atoms with Crippen LogP contribution in [0.25, 0.3) is 0 Å². The van der Waals surface area contributed by atoms with Gasteiger partial charge in [-0.25, -0.2) is 4.98 Å². The van der Waals surface area contributed by atoms with E-state index in [1.807, 2.05) is 12.1 Å². The van der Waals surface area contributed by atoms with Gasteiger partial charge >= 0.3 is 0 Å². The van der Waals surface area contributed by atoms with E-state index in [1.165, 1.54) is 0 Å². The second kappa shape index (κ2) is 11.8. The highest BCUT2D eigenvalue weighted by Crippen LogP contribution is 2.23. The van der Waals surface area contributed by atoms with Crippen LogP contribution in [-0.4, -0.2) is 54.9 Å². The Bertz CT molecular complexity index is 1190. The van der Waals surface area contributed by atoms with Crippen molar-refractivity contribution in [1.29, 1.82) is 0 Å². The predicted octanol–water partition coefficient (Wildman–Crippen LogP) is 5.32. The minimum atomic E-state index is -0.317. The molecule has 2 heterocycles. The van der Waals surface area contributed by atoms with Crippen molar-refractivity contribution in [3.63, 3.8) is 0 Å². The first-order valence-corrected chi connectivity index (χ1v) is 13.3. The van der Waals surface area contributed by atoms with Gasteiger partial charge in [0.05, 0.1) is 16.8 Å². The number of amides is 2. The number of nitrogens with one attached hydrogen (secondary N) is 2. The first-order valence-electron chi connectivity index (χ1n) is 11.4. The van der Waals surface area contributed by atoms with Gasteiger partial charge in [0.2, 0.25) is 0 Å². The molecule has 0 spiro atoms. The molecule has 4 rings (SSSR count). The van der Waals surface area contributed by atoms with Crippen molar-refractivity contribution in [3.05, 3.63) is 82.5 Å². The summed E-state index contributed by atoms with van der Waals surface area (Å²) in [6.07, 6.45) is 2.67. The van der Waals surface area contributed by atoms with Crippen molar-refractivity contribution in [2.75, 3.05) is 48.8 Å². The first kappa shape index (κ1) is 25.4. The molecule has 1 aliphatic rings. The van der Waals surface area contributed by atoms with Gasteiger partial charge in [-0.3, -0.25) is 9.59 Å². The summed E-state index contributed by atoms with van der Waals surface area (Å²) >= 11 is 8.18. The Morgan fingerprint density at radius 1 is 0.971 bits per heavy atom. The van der Waals surface area contributed by atoms with Crippen molar-refractivity contribution in [2.24, 2.45) is 0 Å². The van der Waals surface area contributed by atoms with Crippen LogP contribution in [0.4, 0.5) is 17.2 Å². The van der Waals surface area contributed by atoms with Crippen molar-refractivity contribution < 1.29 is 9.59 Å². The third-order valence-electron chi connectivity index (χ3n) is 5.89. The second-order valence-electron chi connectivity index (χ2n) is 8.48. The van der Waals surface area contributed by atoms with E-state index in [0.717, 1.165) is 48.4 Å². The molecule has 1 aromatic heterocycles. The molecule has 1 aliphatic heterocycles. The Morgan fingerprint density at radius 2 is 1.77 bits per heavy atom. The summed E-state index contributed by atoms with van der Waals surface area (Å²) in [7, 11) is 2.13. The van der Waals surface area contributed by atoms with Gasteiger partial charge in [-0.15, -0.1) is 0 Å². The van der Waals surface area contributed by atoms with Crippen LogP contribution in [0.5, 0.6) is 0 Å². The Balaban J connectivity index is 1.49. The number of nitrogens with zero attached hydrogens (tertiary/aromatic N) is 3. The fourth-order valence-corrected chi connectivity index (χ4v) is 4.48. The smallest absolute Gasteiger partial charge is 0.257 e. The van der Waals surface area contributed by atoms with Gasteiger partial charge in [0.25, 0.3) is 11.8 Å². The molecule has 0 bridgehead atoms. The molecule has 0 radical (unpaired) electrons. The molecule has 35 heavy (non-hydrogen) atoms. The van der Waals surface area contributed by atoms with Crippen LogP contribution in [-0.2, 0) is 4.43 Å². The molecular formula is C26H27ClIN5O2. The highest BCUT2D eigenvalue weighted by Gasteiger charge is 2.18. The zero-order chi connectivity index (χ0) is 24.8. The molecule has 2 amide bonds. The summed E-state index contributed by atoms with van der Waals surface area (Å²) in [5.74, 6) is 0.239. The molecule has 9 heteroatoms. The summed E-state index contributed by atoms with van der Waals surface area (Å²) < 4.78 is 0.741. The van der Waals surface area contributed by atoms with Crippen LogP contribution < -0.4 is 15.5 Å². The molecule has 7 nitrogen and oxygen atoms in total. The fourth-order valence-electron chi connectivity index (χ4n) is 3.88. The number of carbonyl (C=O) groups excluding carboxylic acids is 2. The Hall–Kier alpha value is -2.69. The lowest BCUT2D eigenvalue weighted by Crippen LogP contribution is -2.29. The predicted molar refractivity (Wildman–Crippen MR) is 150 cm³/mol. The summed E-state index contributed by atoms with van der Waals surface area (Å²) in [5, 5.41) is 6.34. The summed E-state index contributed by atoms with van der Waals surface area (Å²) in [6, 6.07) is 16.0. The fraction of sp³-hybridized carbons (Fsp3) is 0.269. The highest BCUT2D eigenvalue weighted by molar-refractivity contribution is 14.1. The van der Waals surface area contributed by atoms with Crippen LogP contribution in [0.1, 0.15) is 32.7 Å². The van der Waals surface area contributed by atoms with E-state index >= 15 is 0 Å². The maximum absolute atomic E-state index is 13.1. The summed E-state index contributed by atoms with van der Waals surface area (Å²) in [6.45, 7) is 3.90. The third kappa shape index (κ3) is 6.71. The number of rotatable bonds is 6. The lowest BCUT2D eigenvalue weighted by molar-refractivity contribution is 0.102. The van der Waals surface area contributed by atoms with Crippen LogP contribution in [0.2, 0.25) is 5.02 Å². The van der Waals surface area contributed by atoms with Crippen molar-refractivity contribution >= 4 is 63.2 Å². The van der Waals surface area contributed by atoms with Crippen molar-refractivity contribution in [1.82, 2.24) is 9.88 Å². The molecule has 1 saturated heterocycles. The lowest BCUT2D eigenvalue weighted by Gasteiger charge is -2.21. The zero-order valence-corrected chi connectivity index (χ0v) is 22.3. The van der Waals surface area contributed by atoms with E-state index in [1.54, 1.807) is 48.7 Å². The largest absolute Gasteiger partial charge is 0.355 e. The molecular weight excluding hydrogens is 577 g/mol. The number of aromatic nitrogens is 1. The number of anilines is 3. The SMILES string of the molecule is CN1CCCN(c2ccc(C(=O)Nc3ccc(CI)cc3C(=O)Nc3ccc(Cl)cc3)cn2)CC1. The molecule has 2 N–H and O–H groups in total. The number of hydrogen-bond acceptors (Lipinski definition) is 5. The van der Waals surface area contributed by atoms with E-state index in [0.29, 0.717) is 27.5 Å². The molecule has 0 atom stereocenters. The summed E-state index contributed by atoms with van der Waals surface area (Å²) in [4.78, 5) is 35.2. The van der Waals surface area contributed by atoms with E-state index < -0.39 is 0 Å². The zero-order valence-electron chi connectivity index (χ0n) is 19.4. The topological polar surface area (TPSA) is 77.6 Å². The molecule has 182 valence electrons. The van der Waals surface area contributed by atoms with Gasteiger partial charge in [0, 0.05) is 41.0 Å². The number of halogens is 2. The van der Waals surface area contributed by atoms with E-state index in [-0.39, 0.29) is 11.8 Å². The number of hydrogen-bond donors (Lipinski definition) is 2. The number of benzene rings is 2. The number of pyridine rings is 1. The number of likely N-dealkylation sites (N-methyl/N-ethyl adjacent to an activating group) is 1. The van der Waals surface area contributed by atoms with Gasteiger partial charge in [-0.05, 0) is 74.1 Å². The maximum atomic E-state index is 13.1. The van der Waals surface area contributed by atoms with Crippen molar-refractivity contribution in [2.45, 2.75) is 10.8 Å². The minimum Gasteiger partial charge on any atom is -0.355 e. The number of carbonyl (C=O) groups is 2. The van der Waals surface area contributed by atoms with Gasteiger partial charge in [0.1, 0.15) is 5.82 Å². The minimum absolute atomic E-state index is 0.311. The highest BCUT2D eigenvalue weighted by atomic mass is 127. The molecule has 0 saturated carbocycles. The Kier molecular flexibility index (Phi) is 8.59.